The fourth-order valence-electron chi connectivity index (χ4n) is 2.32. The summed E-state index contributed by atoms with van der Waals surface area (Å²) in [5.74, 6) is -0.300. The molecule has 7 heteroatoms. The van der Waals surface area contributed by atoms with Crippen molar-refractivity contribution in [1.29, 1.82) is 0 Å². The van der Waals surface area contributed by atoms with Crippen molar-refractivity contribution in [2.24, 2.45) is 0 Å². The highest BCUT2D eigenvalue weighted by Crippen LogP contribution is 2.26. The van der Waals surface area contributed by atoms with Crippen LogP contribution in [0.15, 0.2) is 0 Å². The summed E-state index contributed by atoms with van der Waals surface area (Å²) in [6, 6.07) is -0.753. The van der Waals surface area contributed by atoms with Crippen molar-refractivity contribution in [3.8, 4) is 0 Å². The Morgan fingerprint density at radius 3 is 2.24 bits per heavy atom. The standard InChI is InChI=1S/C14H27NO6/c1-7(2)19-13-10(6-16)21-14(20-8(3)4)11(12(13)18)15-9(5)17/h7-8,10-14,16,18H,6H2,1-5H3,(H,15,17)/t10?,11?,12-,13-,14-/m1/s1. The van der Waals surface area contributed by atoms with Gasteiger partial charge in [-0.15, -0.1) is 0 Å². The number of ether oxygens (including phenoxy) is 3. The molecule has 0 saturated carbocycles. The zero-order valence-corrected chi connectivity index (χ0v) is 13.3. The van der Waals surface area contributed by atoms with Gasteiger partial charge < -0.3 is 29.7 Å². The molecule has 124 valence electrons. The van der Waals surface area contributed by atoms with Crippen molar-refractivity contribution < 1.29 is 29.2 Å². The zero-order chi connectivity index (χ0) is 16.2. The van der Waals surface area contributed by atoms with Crippen molar-refractivity contribution in [2.45, 2.75) is 77.5 Å². The van der Waals surface area contributed by atoms with E-state index in [9.17, 15) is 15.0 Å². The van der Waals surface area contributed by atoms with Gasteiger partial charge in [0, 0.05) is 6.92 Å². The van der Waals surface area contributed by atoms with Gasteiger partial charge in [0.1, 0.15) is 24.4 Å². The van der Waals surface area contributed by atoms with Crippen LogP contribution in [0.2, 0.25) is 0 Å². The van der Waals surface area contributed by atoms with Gasteiger partial charge in [-0.05, 0) is 27.7 Å². The Bertz CT molecular complexity index is 335. The topological polar surface area (TPSA) is 97.3 Å². The van der Waals surface area contributed by atoms with E-state index in [1.165, 1.54) is 6.92 Å². The number of hydrogen-bond acceptors (Lipinski definition) is 6. The van der Waals surface area contributed by atoms with E-state index in [0.717, 1.165) is 0 Å². The van der Waals surface area contributed by atoms with Crippen molar-refractivity contribution in [3.63, 3.8) is 0 Å². The Morgan fingerprint density at radius 1 is 1.24 bits per heavy atom. The van der Waals surface area contributed by atoms with Crippen LogP contribution in [0.25, 0.3) is 0 Å². The van der Waals surface area contributed by atoms with E-state index < -0.39 is 30.6 Å². The van der Waals surface area contributed by atoms with Gasteiger partial charge >= 0.3 is 0 Å². The molecule has 0 aromatic heterocycles. The van der Waals surface area contributed by atoms with Crippen LogP contribution in [-0.2, 0) is 19.0 Å². The summed E-state index contributed by atoms with van der Waals surface area (Å²) in [4.78, 5) is 11.3. The molecule has 0 radical (unpaired) electrons. The Labute approximate surface area is 125 Å². The largest absolute Gasteiger partial charge is 0.394 e. The summed E-state index contributed by atoms with van der Waals surface area (Å²) >= 11 is 0. The Morgan fingerprint density at radius 2 is 1.81 bits per heavy atom. The minimum Gasteiger partial charge on any atom is -0.394 e. The molecular weight excluding hydrogens is 278 g/mol. The number of carbonyl (C=O) groups is 1. The van der Waals surface area contributed by atoms with Crippen LogP contribution in [0.1, 0.15) is 34.6 Å². The number of aliphatic hydroxyl groups is 2. The molecule has 0 aromatic carbocycles. The third kappa shape index (κ3) is 5.19. The summed E-state index contributed by atoms with van der Waals surface area (Å²) in [5.41, 5.74) is 0. The smallest absolute Gasteiger partial charge is 0.217 e. The van der Waals surface area contributed by atoms with Crippen molar-refractivity contribution in [1.82, 2.24) is 5.32 Å². The lowest BCUT2D eigenvalue weighted by Crippen LogP contribution is -2.65. The van der Waals surface area contributed by atoms with Crippen LogP contribution in [0, 0.1) is 0 Å². The van der Waals surface area contributed by atoms with Crippen LogP contribution >= 0.6 is 0 Å². The quantitative estimate of drug-likeness (QED) is 0.628. The van der Waals surface area contributed by atoms with Gasteiger partial charge in [0.15, 0.2) is 6.29 Å². The third-order valence-electron chi connectivity index (χ3n) is 3.06. The number of nitrogens with one attached hydrogen (secondary N) is 1. The van der Waals surface area contributed by atoms with Gasteiger partial charge in [0.25, 0.3) is 0 Å². The van der Waals surface area contributed by atoms with Gasteiger partial charge in [0.2, 0.25) is 5.91 Å². The van der Waals surface area contributed by atoms with Crippen LogP contribution in [0.4, 0.5) is 0 Å². The summed E-state index contributed by atoms with van der Waals surface area (Å²) in [7, 11) is 0. The predicted octanol–water partition coefficient (Wildman–Crippen LogP) is -0.212. The molecule has 5 atom stereocenters. The summed E-state index contributed by atoms with van der Waals surface area (Å²) in [6.45, 7) is 8.35. The number of carbonyl (C=O) groups excluding carboxylic acids is 1. The monoisotopic (exact) mass is 305 g/mol. The van der Waals surface area contributed by atoms with Crippen molar-refractivity contribution in [3.05, 3.63) is 0 Å². The van der Waals surface area contributed by atoms with Gasteiger partial charge in [-0.3, -0.25) is 4.79 Å². The molecule has 7 nitrogen and oxygen atoms in total. The minimum absolute atomic E-state index is 0.150. The maximum atomic E-state index is 11.3. The van der Waals surface area contributed by atoms with E-state index in [1.54, 1.807) is 0 Å². The molecule has 21 heavy (non-hydrogen) atoms. The predicted molar refractivity (Wildman–Crippen MR) is 75.6 cm³/mol. The average Bonchev–Trinajstić information content (AvgIpc) is 2.35. The molecule has 3 N–H and O–H groups in total. The third-order valence-corrected chi connectivity index (χ3v) is 3.06. The van der Waals surface area contributed by atoms with Crippen LogP contribution in [0.5, 0.6) is 0 Å². The van der Waals surface area contributed by atoms with Crippen molar-refractivity contribution >= 4 is 5.91 Å². The lowest BCUT2D eigenvalue weighted by Gasteiger charge is -2.45. The Hall–Kier alpha value is -0.730. The van der Waals surface area contributed by atoms with E-state index in [1.807, 2.05) is 27.7 Å². The lowest BCUT2D eigenvalue weighted by atomic mass is 9.96. The SMILES string of the molecule is CC(=O)NC1[C@H](OC(C)C)OC(CO)[C@@H](OC(C)C)[C@@H]1O. The lowest BCUT2D eigenvalue weighted by molar-refractivity contribution is -0.289. The van der Waals surface area contributed by atoms with Crippen LogP contribution in [-0.4, -0.2) is 65.6 Å². The number of aliphatic hydroxyl groups excluding tert-OH is 2. The summed E-state index contributed by atoms with van der Waals surface area (Å²) < 4.78 is 16.9. The molecule has 0 aromatic rings. The van der Waals surface area contributed by atoms with Gasteiger partial charge in [0.05, 0.1) is 18.8 Å². The highest BCUT2D eigenvalue weighted by atomic mass is 16.7. The zero-order valence-electron chi connectivity index (χ0n) is 13.3. The molecule has 1 fully saturated rings. The van der Waals surface area contributed by atoms with Gasteiger partial charge in [-0.25, -0.2) is 0 Å². The summed E-state index contributed by atoms with van der Waals surface area (Å²) in [6.07, 6.45) is -3.63. The van der Waals surface area contributed by atoms with Gasteiger partial charge in [-0.1, -0.05) is 0 Å². The second kappa shape index (κ2) is 8.05. The number of amides is 1. The first kappa shape index (κ1) is 18.3. The average molecular weight is 305 g/mol. The van der Waals surface area contributed by atoms with Crippen molar-refractivity contribution in [2.75, 3.05) is 6.61 Å². The van der Waals surface area contributed by atoms with Gasteiger partial charge in [-0.2, -0.15) is 0 Å². The Balaban J connectivity index is 2.94. The fourth-order valence-corrected chi connectivity index (χ4v) is 2.32. The maximum Gasteiger partial charge on any atom is 0.217 e. The highest BCUT2D eigenvalue weighted by Gasteiger charge is 2.47. The second-order valence-electron chi connectivity index (χ2n) is 5.78. The highest BCUT2D eigenvalue weighted by molar-refractivity contribution is 5.73. The Kier molecular flexibility index (Phi) is 7.02. The van der Waals surface area contributed by atoms with E-state index >= 15 is 0 Å². The molecular formula is C14H27NO6. The number of rotatable bonds is 6. The first-order valence-corrected chi connectivity index (χ1v) is 7.28. The van der Waals surface area contributed by atoms with E-state index in [4.69, 9.17) is 14.2 Å². The van der Waals surface area contributed by atoms with Crippen LogP contribution in [0.3, 0.4) is 0 Å². The first-order valence-electron chi connectivity index (χ1n) is 7.28. The molecule has 1 amide bonds. The molecule has 2 unspecified atom stereocenters. The minimum atomic E-state index is -1.04. The van der Waals surface area contributed by atoms with E-state index in [-0.39, 0.29) is 24.7 Å². The molecule has 0 aliphatic carbocycles. The summed E-state index contributed by atoms with van der Waals surface area (Å²) in [5, 5.41) is 22.6. The van der Waals surface area contributed by atoms with E-state index in [2.05, 4.69) is 5.32 Å². The van der Waals surface area contributed by atoms with E-state index in [0.29, 0.717) is 0 Å². The van der Waals surface area contributed by atoms with Crippen LogP contribution < -0.4 is 5.32 Å². The second-order valence-corrected chi connectivity index (χ2v) is 5.78. The normalized spacial score (nSPS) is 33.5. The molecule has 1 aliphatic rings. The molecule has 1 rings (SSSR count). The maximum absolute atomic E-state index is 11.3. The number of hydrogen-bond donors (Lipinski definition) is 3. The molecule has 0 spiro atoms. The molecule has 1 aliphatic heterocycles. The molecule has 1 heterocycles. The first-order chi connectivity index (χ1) is 9.76. The molecule has 0 bridgehead atoms. The molecule has 1 saturated heterocycles. The fraction of sp³-hybridized carbons (Fsp3) is 0.929.